The Bertz CT molecular complexity index is 504. The maximum atomic E-state index is 12.4. The van der Waals surface area contributed by atoms with Gasteiger partial charge in [0.1, 0.15) is 5.01 Å². The normalized spacial score (nSPS) is 17.4. The lowest BCUT2D eigenvalue weighted by Crippen LogP contribution is -2.33. The molecule has 0 spiro atoms. The van der Waals surface area contributed by atoms with Crippen LogP contribution in [0.2, 0.25) is 0 Å². The first kappa shape index (κ1) is 20.2. The fourth-order valence-corrected chi connectivity index (χ4v) is 3.38. The summed E-state index contributed by atoms with van der Waals surface area (Å²) in [4.78, 5) is 15.4. The monoisotopic (exact) mass is 371 g/mol. The molecule has 1 aromatic rings. The van der Waals surface area contributed by atoms with Gasteiger partial charge in [-0.1, -0.05) is 6.92 Å². The Morgan fingerprint density at radius 3 is 2.70 bits per heavy atom. The Kier molecular flexibility index (Phi) is 7.76. The van der Waals surface area contributed by atoms with Gasteiger partial charge in [0.2, 0.25) is 5.91 Å². The zero-order valence-electron chi connectivity index (χ0n) is 12.8. The number of carbonyl (C=O) groups is 1. The van der Waals surface area contributed by atoms with Gasteiger partial charge in [-0.25, -0.2) is 4.98 Å². The third kappa shape index (κ3) is 6.27. The van der Waals surface area contributed by atoms with E-state index in [9.17, 15) is 18.0 Å². The van der Waals surface area contributed by atoms with E-state index in [1.165, 1.54) is 0 Å². The van der Waals surface area contributed by atoms with Crippen molar-refractivity contribution in [3.05, 3.63) is 16.1 Å². The number of hydrogen-bond acceptors (Lipinski definition) is 4. The zero-order chi connectivity index (χ0) is 16.2. The van der Waals surface area contributed by atoms with E-state index in [-0.39, 0.29) is 35.8 Å². The van der Waals surface area contributed by atoms with Crippen molar-refractivity contribution in [2.75, 3.05) is 13.1 Å². The SMILES string of the molecule is CC(CC(=O)NCc1nc(C(F)(F)F)cs1)C1CCNCC1.Cl. The summed E-state index contributed by atoms with van der Waals surface area (Å²) in [7, 11) is 0. The van der Waals surface area contributed by atoms with E-state index < -0.39 is 11.9 Å². The van der Waals surface area contributed by atoms with E-state index in [4.69, 9.17) is 0 Å². The minimum absolute atomic E-state index is 0. The third-order valence-electron chi connectivity index (χ3n) is 3.97. The van der Waals surface area contributed by atoms with Crippen LogP contribution in [0.1, 0.15) is 36.9 Å². The number of rotatable bonds is 5. The van der Waals surface area contributed by atoms with Crippen LogP contribution in [0.4, 0.5) is 13.2 Å². The maximum absolute atomic E-state index is 12.4. The van der Waals surface area contributed by atoms with Crippen molar-refractivity contribution in [1.82, 2.24) is 15.6 Å². The largest absolute Gasteiger partial charge is 0.434 e. The summed E-state index contributed by atoms with van der Waals surface area (Å²) in [6.45, 7) is 4.07. The van der Waals surface area contributed by atoms with Gasteiger partial charge in [0, 0.05) is 11.8 Å². The van der Waals surface area contributed by atoms with Gasteiger partial charge in [-0.3, -0.25) is 4.79 Å². The van der Waals surface area contributed by atoms with Gasteiger partial charge in [-0.15, -0.1) is 23.7 Å². The van der Waals surface area contributed by atoms with E-state index >= 15 is 0 Å². The van der Waals surface area contributed by atoms with Crippen LogP contribution in [0.25, 0.3) is 0 Å². The number of hydrogen-bond donors (Lipinski definition) is 2. The summed E-state index contributed by atoms with van der Waals surface area (Å²) in [5, 5.41) is 7.19. The number of alkyl halides is 3. The quantitative estimate of drug-likeness (QED) is 0.835. The zero-order valence-corrected chi connectivity index (χ0v) is 14.4. The Hall–Kier alpha value is -0.860. The van der Waals surface area contributed by atoms with Gasteiger partial charge in [0.25, 0.3) is 0 Å². The second-order valence-corrected chi connectivity index (χ2v) is 6.61. The minimum atomic E-state index is -4.43. The van der Waals surface area contributed by atoms with Gasteiger partial charge in [-0.05, 0) is 37.8 Å². The number of nitrogens with zero attached hydrogens (tertiary/aromatic N) is 1. The second-order valence-electron chi connectivity index (χ2n) is 5.67. The van der Waals surface area contributed by atoms with E-state index in [2.05, 4.69) is 22.5 Å². The Morgan fingerprint density at radius 1 is 1.48 bits per heavy atom. The molecule has 1 aliphatic rings. The smallest absolute Gasteiger partial charge is 0.350 e. The standard InChI is InChI=1S/C14H20F3N3OS.ClH/c1-9(10-2-4-18-5-3-10)6-12(21)19-7-13-20-11(8-22-13)14(15,16)17;/h8-10,18H,2-7H2,1H3,(H,19,21);1H. The van der Waals surface area contributed by atoms with E-state index in [0.29, 0.717) is 12.3 Å². The molecule has 0 aliphatic carbocycles. The minimum Gasteiger partial charge on any atom is -0.350 e. The molecule has 0 radical (unpaired) electrons. The lowest BCUT2D eigenvalue weighted by atomic mass is 9.84. The molecule has 1 aliphatic heterocycles. The molecule has 23 heavy (non-hydrogen) atoms. The van der Waals surface area contributed by atoms with Crippen molar-refractivity contribution in [2.24, 2.45) is 11.8 Å². The highest BCUT2D eigenvalue weighted by atomic mass is 35.5. The highest BCUT2D eigenvalue weighted by molar-refractivity contribution is 7.09. The van der Waals surface area contributed by atoms with Crippen molar-refractivity contribution >= 4 is 29.7 Å². The van der Waals surface area contributed by atoms with Gasteiger partial charge < -0.3 is 10.6 Å². The molecule has 2 rings (SSSR count). The predicted octanol–water partition coefficient (Wildman–Crippen LogP) is 3.23. The average Bonchev–Trinajstić information content (AvgIpc) is 2.95. The molecule has 1 unspecified atom stereocenters. The van der Waals surface area contributed by atoms with Crippen molar-refractivity contribution in [3.8, 4) is 0 Å². The van der Waals surface area contributed by atoms with Crippen LogP contribution >= 0.6 is 23.7 Å². The van der Waals surface area contributed by atoms with E-state index in [1.54, 1.807) is 0 Å². The van der Waals surface area contributed by atoms with Crippen molar-refractivity contribution < 1.29 is 18.0 Å². The number of carbonyl (C=O) groups excluding carboxylic acids is 1. The van der Waals surface area contributed by atoms with Crippen LogP contribution in [0.3, 0.4) is 0 Å². The molecule has 1 saturated heterocycles. The number of nitrogens with one attached hydrogen (secondary N) is 2. The van der Waals surface area contributed by atoms with Crippen LogP contribution in [0.5, 0.6) is 0 Å². The second kappa shape index (κ2) is 8.84. The third-order valence-corrected chi connectivity index (χ3v) is 4.82. The molecule has 0 saturated carbocycles. The molecule has 9 heteroatoms. The van der Waals surface area contributed by atoms with Crippen molar-refractivity contribution in [2.45, 2.75) is 38.9 Å². The first-order valence-corrected chi connectivity index (χ1v) is 8.23. The summed E-state index contributed by atoms with van der Waals surface area (Å²) in [6, 6.07) is 0. The molecule has 132 valence electrons. The first-order valence-electron chi connectivity index (χ1n) is 7.35. The molecule has 2 N–H and O–H groups in total. The van der Waals surface area contributed by atoms with Gasteiger partial charge in [0.15, 0.2) is 5.69 Å². The van der Waals surface area contributed by atoms with Crippen LogP contribution in [0, 0.1) is 11.8 Å². The van der Waals surface area contributed by atoms with Gasteiger partial charge in [-0.2, -0.15) is 13.2 Å². The molecule has 4 nitrogen and oxygen atoms in total. The molecule has 0 bridgehead atoms. The summed E-state index contributed by atoms with van der Waals surface area (Å²) in [6.07, 6.45) is -1.89. The summed E-state index contributed by atoms with van der Waals surface area (Å²) in [5.74, 6) is 0.683. The highest BCUT2D eigenvalue weighted by Crippen LogP contribution is 2.30. The van der Waals surface area contributed by atoms with E-state index in [0.717, 1.165) is 42.6 Å². The Morgan fingerprint density at radius 2 is 2.13 bits per heavy atom. The van der Waals surface area contributed by atoms with Crippen molar-refractivity contribution in [1.29, 1.82) is 0 Å². The predicted molar refractivity (Wildman–Crippen MR) is 85.6 cm³/mol. The fraction of sp³-hybridized carbons (Fsp3) is 0.714. The van der Waals surface area contributed by atoms with Crippen LogP contribution in [0.15, 0.2) is 5.38 Å². The Labute approximate surface area is 143 Å². The summed E-state index contributed by atoms with van der Waals surface area (Å²) in [5.41, 5.74) is -0.898. The number of halogens is 4. The Balaban J connectivity index is 0.00000264. The van der Waals surface area contributed by atoms with Gasteiger partial charge >= 0.3 is 6.18 Å². The van der Waals surface area contributed by atoms with Gasteiger partial charge in [0.05, 0.1) is 6.54 Å². The molecular weight excluding hydrogens is 351 g/mol. The van der Waals surface area contributed by atoms with Crippen LogP contribution in [-0.2, 0) is 17.5 Å². The first-order chi connectivity index (χ1) is 10.4. The molecular formula is C14H21ClF3N3OS. The number of aromatic nitrogens is 1. The molecule has 0 aromatic carbocycles. The molecule has 2 heterocycles. The summed E-state index contributed by atoms with van der Waals surface area (Å²) >= 11 is 0.911. The fourth-order valence-electron chi connectivity index (χ4n) is 2.64. The lowest BCUT2D eigenvalue weighted by molar-refractivity contribution is -0.140. The molecule has 1 atom stereocenters. The van der Waals surface area contributed by atoms with E-state index in [1.807, 2.05) is 0 Å². The molecule has 1 fully saturated rings. The van der Waals surface area contributed by atoms with Crippen LogP contribution in [-0.4, -0.2) is 24.0 Å². The number of thiazole rings is 1. The highest BCUT2D eigenvalue weighted by Gasteiger charge is 2.33. The van der Waals surface area contributed by atoms with Crippen LogP contribution < -0.4 is 10.6 Å². The molecule has 1 amide bonds. The summed E-state index contributed by atoms with van der Waals surface area (Å²) < 4.78 is 37.3. The maximum Gasteiger partial charge on any atom is 0.434 e. The van der Waals surface area contributed by atoms with Crippen molar-refractivity contribution in [3.63, 3.8) is 0 Å². The number of piperidine rings is 1. The number of amides is 1. The topological polar surface area (TPSA) is 54.0 Å². The molecule has 1 aromatic heterocycles. The lowest BCUT2D eigenvalue weighted by Gasteiger charge is -2.27. The average molecular weight is 372 g/mol.